The van der Waals surface area contributed by atoms with Gasteiger partial charge in [-0.15, -0.1) is 11.3 Å². The molecule has 3 aromatic rings. The molecule has 6 heteroatoms. The van der Waals surface area contributed by atoms with E-state index in [0.717, 1.165) is 10.2 Å². The lowest BCUT2D eigenvalue weighted by Crippen LogP contribution is -2.02. The molecule has 5 nitrogen and oxygen atoms in total. The molecular formula is C12H7N3O2S. The number of carboxylic acids is 1. The molecule has 0 radical (unpaired) electrons. The van der Waals surface area contributed by atoms with Crippen LogP contribution in [0.1, 0.15) is 10.5 Å². The van der Waals surface area contributed by atoms with Gasteiger partial charge in [0.05, 0.1) is 10.2 Å². The first-order valence-corrected chi connectivity index (χ1v) is 6.02. The summed E-state index contributed by atoms with van der Waals surface area (Å²) in [6.45, 7) is 0. The summed E-state index contributed by atoms with van der Waals surface area (Å²) >= 11 is 1.57. The van der Waals surface area contributed by atoms with Crippen LogP contribution >= 0.6 is 11.3 Å². The lowest BCUT2D eigenvalue weighted by Gasteiger charge is -2.00. The van der Waals surface area contributed by atoms with Gasteiger partial charge in [0.2, 0.25) is 0 Å². The average molecular weight is 257 g/mol. The van der Waals surface area contributed by atoms with E-state index >= 15 is 0 Å². The highest BCUT2D eigenvalue weighted by Gasteiger charge is 2.09. The monoisotopic (exact) mass is 257 g/mol. The van der Waals surface area contributed by atoms with Crippen molar-refractivity contribution in [3.63, 3.8) is 0 Å². The summed E-state index contributed by atoms with van der Waals surface area (Å²) < 4.78 is 1.02. The van der Waals surface area contributed by atoms with E-state index in [9.17, 15) is 4.79 Å². The SMILES string of the molecule is O=C(O)c1ccnc(-c2cnc3ccsc3c2)n1. The first-order valence-electron chi connectivity index (χ1n) is 5.14. The minimum absolute atomic E-state index is 0.0220. The van der Waals surface area contributed by atoms with Crippen molar-refractivity contribution in [1.82, 2.24) is 15.0 Å². The zero-order chi connectivity index (χ0) is 12.5. The Morgan fingerprint density at radius 3 is 3.00 bits per heavy atom. The summed E-state index contributed by atoms with van der Waals surface area (Å²) in [7, 11) is 0. The number of carboxylic acid groups (broad SMARTS) is 1. The van der Waals surface area contributed by atoms with Crippen molar-refractivity contribution in [2.75, 3.05) is 0 Å². The highest BCUT2D eigenvalue weighted by molar-refractivity contribution is 7.17. The maximum atomic E-state index is 10.9. The molecule has 3 heterocycles. The van der Waals surface area contributed by atoms with Crippen LogP contribution in [-0.2, 0) is 0 Å². The van der Waals surface area contributed by atoms with Crippen LogP contribution in [0.25, 0.3) is 21.6 Å². The standard InChI is InChI=1S/C12H7N3O2S/c16-12(17)9-1-3-13-11(15-9)7-5-10-8(14-6-7)2-4-18-10/h1-6H,(H,16,17). The van der Waals surface area contributed by atoms with E-state index in [-0.39, 0.29) is 5.69 Å². The number of pyridine rings is 1. The zero-order valence-corrected chi connectivity index (χ0v) is 9.89. The van der Waals surface area contributed by atoms with Crippen LogP contribution in [0, 0.1) is 0 Å². The first kappa shape index (κ1) is 10.8. The van der Waals surface area contributed by atoms with Crippen LogP contribution in [0.5, 0.6) is 0 Å². The normalized spacial score (nSPS) is 10.7. The van der Waals surface area contributed by atoms with E-state index in [1.54, 1.807) is 17.5 Å². The first-order chi connectivity index (χ1) is 8.74. The third-order valence-corrected chi connectivity index (χ3v) is 3.29. The second-order valence-corrected chi connectivity index (χ2v) is 4.55. The van der Waals surface area contributed by atoms with Gasteiger partial charge in [-0.2, -0.15) is 0 Å². The number of fused-ring (bicyclic) bond motifs is 1. The van der Waals surface area contributed by atoms with Crippen molar-refractivity contribution in [2.45, 2.75) is 0 Å². The maximum absolute atomic E-state index is 10.9. The van der Waals surface area contributed by atoms with E-state index in [4.69, 9.17) is 5.11 Å². The fourth-order valence-corrected chi connectivity index (χ4v) is 2.37. The topological polar surface area (TPSA) is 76.0 Å². The molecular weight excluding hydrogens is 250 g/mol. The van der Waals surface area contributed by atoms with Crippen molar-refractivity contribution in [3.05, 3.63) is 41.7 Å². The van der Waals surface area contributed by atoms with Crippen molar-refractivity contribution in [1.29, 1.82) is 0 Å². The van der Waals surface area contributed by atoms with Crippen molar-refractivity contribution >= 4 is 27.5 Å². The summed E-state index contributed by atoms with van der Waals surface area (Å²) in [5, 5.41) is 10.8. The van der Waals surface area contributed by atoms with Gasteiger partial charge >= 0.3 is 5.97 Å². The van der Waals surface area contributed by atoms with Crippen molar-refractivity contribution in [2.24, 2.45) is 0 Å². The van der Waals surface area contributed by atoms with Crippen LogP contribution in [0.3, 0.4) is 0 Å². The van der Waals surface area contributed by atoms with Gasteiger partial charge in [0.25, 0.3) is 0 Å². The number of hydrogen-bond donors (Lipinski definition) is 1. The van der Waals surface area contributed by atoms with Crippen molar-refractivity contribution in [3.8, 4) is 11.4 Å². The Labute approximate surface area is 106 Å². The fourth-order valence-electron chi connectivity index (χ4n) is 1.59. The van der Waals surface area contributed by atoms with E-state index in [2.05, 4.69) is 15.0 Å². The van der Waals surface area contributed by atoms with Gasteiger partial charge in [-0.3, -0.25) is 4.98 Å². The van der Waals surface area contributed by atoms with Crippen molar-refractivity contribution < 1.29 is 9.90 Å². The number of carbonyl (C=O) groups is 1. The van der Waals surface area contributed by atoms with Gasteiger partial charge < -0.3 is 5.11 Å². The molecule has 0 spiro atoms. The molecule has 0 saturated heterocycles. The third kappa shape index (κ3) is 1.82. The van der Waals surface area contributed by atoms with Gasteiger partial charge in [-0.25, -0.2) is 14.8 Å². The van der Waals surface area contributed by atoms with Gasteiger partial charge in [0.1, 0.15) is 0 Å². The average Bonchev–Trinajstić information content (AvgIpc) is 2.86. The Kier molecular flexibility index (Phi) is 2.49. The smallest absolute Gasteiger partial charge is 0.354 e. The molecule has 0 aliphatic rings. The fraction of sp³-hybridized carbons (Fsp3) is 0. The quantitative estimate of drug-likeness (QED) is 0.763. The molecule has 0 saturated carbocycles. The molecule has 0 atom stereocenters. The summed E-state index contributed by atoms with van der Waals surface area (Å²) in [6, 6.07) is 5.20. The molecule has 88 valence electrons. The minimum atomic E-state index is -1.07. The predicted molar refractivity (Wildman–Crippen MR) is 67.6 cm³/mol. The lowest BCUT2D eigenvalue weighted by molar-refractivity contribution is 0.0690. The molecule has 1 N–H and O–H groups in total. The van der Waals surface area contributed by atoms with Crippen LogP contribution in [0.4, 0.5) is 0 Å². The summed E-state index contributed by atoms with van der Waals surface area (Å²) in [5.41, 5.74) is 1.61. The Balaban J connectivity index is 2.13. The third-order valence-electron chi connectivity index (χ3n) is 2.44. The summed E-state index contributed by atoms with van der Waals surface area (Å²) in [6.07, 6.45) is 3.08. The molecule has 0 fully saturated rings. The van der Waals surface area contributed by atoms with Crippen LogP contribution in [-0.4, -0.2) is 26.0 Å². The van der Waals surface area contributed by atoms with E-state index in [1.165, 1.54) is 12.3 Å². The van der Waals surface area contributed by atoms with Gasteiger partial charge in [-0.1, -0.05) is 0 Å². The molecule has 0 bridgehead atoms. The Bertz CT molecular complexity index is 739. The van der Waals surface area contributed by atoms with E-state index in [0.29, 0.717) is 11.4 Å². The van der Waals surface area contributed by atoms with Gasteiger partial charge in [0, 0.05) is 18.0 Å². The molecule has 3 aromatic heterocycles. The number of thiophene rings is 1. The molecule has 0 unspecified atom stereocenters. The molecule has 3 rings (SSSR count). The van der Waals surface area contributed by atoms with E-state index < -0.39 is 5.97 Å². The summed E-state index contributed by atoms with van der Waals surface area (Å²) in [5.74, 6) is -0.693. The summed E-state index contributed by atoms with van der Waals surface area (Å²) in [4.78, 5) is 23.2. The molecule has 18 heavy (non-hydrogen) atoms. The minimum Gasteiger partial charge on any atom is -0.477 e. The molecule has 0 aromatic carbocycles. The molecule has 0 aliphatic heterocycles. The Morgan fingerprint density at radius 2 is 2.17 bits per heavy atom. The maximum Gasteiger partial charge on any atom is 0.354 e. The predicted octanol–water partition coefficient (Wildman–Crippen LogP) is 2.45. The Morgan fingerprint density at radius 1 is 1.28 bits per heavy atom. The highest BCUT2D eigenvalue weighted by atomic mass is 32.1. The number of nitrogens with zero attached hydrogens (tertiary/aromatic N) is 3. The largest absolute Gasteiger partial charge is 0.477 e. The number of aromatic nitrogens is 3. The Hall–Kier alpha value is -2.34. The second-order valence-electron chi connectivity index (χ2n) is 3.60. The molecule has 0 aliphatic carbocycles. The zero-order valence-electron chi connectivity index (χ0n) is 9.07. The lowest BCUT2D eigenvalue weighted by atomic mass is 10.2. The number of rotatable bonds is 2. The van der Waals surface area contributed by atoms with Crippen LogP contribution in [0.2, 0.25) is 0 Å². The van der Waals surface area contributed by atoms with Gasteiger partial charge in [-0.05, 0) is 23.6 Å². The highest BCUT2D eigenvalue weighted by Crippen LogP contribution is 2.23. The van der Waals surface area contributed by atoms with Crippen LogP contribution < -0.4 is 0 Å². The number of hydrogen-bond acceptors (Lipinski definition) is 5. The number of aromatic carboxylic acids is 1. The second kappa shape index (κ2) is 4.15. The van der Waals surface area contributed by atoms with Gasteiger partial charge in [0.15, 0.2) is 11.5 Å². The van der Waals surface area contributed by atoms with E-state index in [1.807, 2.05) is 17.5 Å². The molecule has 0 amide bonds. The van der Waals surface area contributed by atoms with Crippen LogP contribution in [0.15, 0.2) is 36.0 Å².